The van der Waals surface area contributed by atoms with Crippen molar-refractivity contribution in [1.82, 2.24) is 0 Å². The van der Waals surface area contributed by atoms with E-state index in [1.54, 1.807) is 0 Å². The Morgan fingerprint density at radius 2 is 1.48 bits per heavy atom. The van der Waals surface area contributed by atoms with Gasteiger partial charge in [0.25, 0.3) is 0 Å². The molecule has 0 aliphatic carbocycles. The summed E-state index contributed by atoms with van der Waals surface area (Å²) in [5.41, 5.74) is 0. The molecule has 21 heavy (non-hydrogen) atoms. The van der Waals surface area contributed by atoms with Gasteiger partial charge < -0.3 is 9.45 Å². The summed E-state index contributed by atoms with van der Waals surface area (Å²) in [6, 6.07) is 0. The molecule has 0 aliphatic rings. The summed E-state index contributed by atoms with van der Waals surface area (Å²) < 4.78 is 36.9. The molecule has 6 heteroatoms. The Kier molecular flexibility index (Phi) is 12.3. The first-order valence-electron chi connectivity index (χ1n) is 8.28. The van der Waals surface area contributed by atoms with Crippen LogP contribution in [0, 0.1) is 0 Å². The summed E-state index contributed by atoms with van der Waals surface area (Å²) in [5.74, 6) is 0. The zero-order valence-corrected chi connectivity index (χ0v) is 14.7. The quantitative estimate of drug-likeness (QED) is 0.301. The molecule has 0 radical (unpaired) electrons. The molecule has 0 saturated heterocycles. The second-order valence-corrected chi connectivity index (χ2v) is 7.14. The van der Waals surface area contributed by atoms with Crippen LogP contribution in [0.2, 0.25) is 0 Å². The zero-order chi connectivity index (χ0) is 16.1. The second kappa shape index (κ2) is 12.4. The van der Waals surface area contributed by atoms with Crippen LogP contribution in [0.5, 0.6) is 0 Å². The van der Waals surface area contributed by atoms with Crippen molar-refractivity contribution in [2.75, 3.05) is 20.6 Å². The molecule has 0 bridgehead atoms. The van der Waals surface area contributed by atoms with Crippen molar-refractivity contribution in [3.05, 3.63) is 0 Å². The predicted octanol–water partition coefficient (Wildman–Crippen LogP) is 1.90. The molecule has 1 atom stereocenters. The highest BCUT2D eigenvalue weighted by Gasteiger charge is 2.14. The lowest BCUT2D eigenvalue weighted by molar-refractivity contribution is -0.858. The molecular weight excluding hydrogens is 290 g/mol. The van der Waals surface area contributed by atoms with Crippen LogP contribution in [-0.2, 0) is 14.6 Å². The minimum absolute atomic E-state index is 0.456. The predicted molar refractivity (Wildman–Crippen MR) is 84.1 cm³/mol. The summed E-state index contributed by atoms with van der Waals surface area (Å²) >= 11 is 0. The number of rotatable bonds is 14. The molecular formula is C15H33NO4S. The van der Waals surface area contributed by atoms with E-state index in [0.717, 1.165) is 19.4 Å². The number of nitrogens with one attached hydrogen (secondary N) is 1. The van der Waals surface area contributed by atoms with Crippen molar-refractivity contribution in [3.8, 4) is 0 Å². The van der Waals surface area contributed by atoms with Crippen LogP contribution in [0.4, 0.5) is 0 Å². The van der Waals surface area contributed by atoms with Gasteiger partial charge in [-0.3, -0.25) is 4.18 Å². The molecule has 0 heterocycles. The van der Waals surface area contributed by atoms with Gasteiger partial charge in [-0.15, -0.1) is 0 Å². The highest BCUT2D eigenvalue weighted by Crippen LogP contribution is 2.14. The van der Waals surface area contributed by atoms with E-state index in [1.807, 2.05) is 14.1 Å². The minimum Gasteiger partial charge on any atom is -0.726 e. The first kappa shape index (κ1) is 20.8. The Labute approximate surface area is 131 Å². The lowest BCUT2D eigenvalue weighted by Crippen LogP contribution is -3.05. The fourth-order valence-electron chi connectivity index (χ4n) is 2.36. The molecule has 0 aromatic rings. The van der Waals surface area contributed by atoms with E-state index in [0.29, 0.717) is 12.8 Å². The Bertz CT molecular complexity index is 331. The SMILES string of the molecule is CCCCCCCCCCC(CC[NH+](C)C)OS(=O)(=O)[O-]. The van der Waals surface area contributed by atoms with Crippen LogP contribution < -0.4 is 4.90 Å². The summed E-state index contributed by atoms with van der Waals surface area (Å²) in [6.45, 7) is 3.01. The van der Waals surface area contributed by atoms with Gasteiger partial charge in [-0.1, -0.05) is 58.3 Å². The highest BCUT2D eigenvalue weighted by atomic mass is 32.3. The van der Waals surface area contributed by atoms with E-state index in [-0.39, 0.29) is 0 Å². The third-order valence-electron chi connectivity index (χ3n) is 3.60. The molecule has 0 fully saturated rings. The fourth-order valence-corrected chi connectivity index (χ4v) is 2.89. The molecule has 0 aromatic heterocycles. The maximum atomic E-state index is 10.7. The van der Waals surface area contributed by atoms with E-state index >= 15 is 0 Å². The van der Waals surface area contributed by atoms with Crippen LogP contribution in [0.25, 0.3) is 0 Å². The van der Waals surface area contributed by atoms with Crippen molar-refractivity contribution in [3.63, 3.8) is 0 Å². The van der Waals surface area contributed by atoms with Crippen LogP contribution in [-0.4, -0.2) is 39.7 Å². The van der Waals surface area contributed by atoms with Crippen molar-refractivity contribution < 1.29 is 22.1 Å². The van der Waals surface area contributed by atoms with Crippen LogP contribution in [0.3, 0.4) is 0 Å². The van der Waals surface area contributed by atoms with E-state index < -0.39 is 16.5 Å². The molecule has 0 rings (SSSR count). The summed E-state index contributed by atoms with van der Waals surface area (Å²) in [7, 11) is -0.590. The minimum atomic E-state index is -4.59. The topological polar surface area (TPSA) is 70.9 Å². The van der Waals surface area contributed by atoms with Crippen LogP contribution in [0.1, 0.15) is 71.1 Å². The zero-order valence-electron chi connectivity index (χ0n) is 13.9. The van der Waals surface area contributed by atoms with Gasteiger partial charge in [0.2, 0.25) is 10.4 Å². The normalized spacial score (nSPS) is 13.8. The Balaban J connectivity index is 3.79. The maximum absolute atomic E-state index is 10.7. The van der Waals surface area contributed by atoms with Crippen molar-refractivity contribution in [2.24, 2.45) is 0 Å². The van der Waals surface area contributed by atoms with E-state index in [4.69, 9.17) is 0 Å². The third kappa shape index (κ3) is 16.0. The summed E-state index contributed by atoms with van der Waals surface area (Å²) in [6.07, 6.45) is 10.4. The highest BCUT2D eigenvalue weighted by molar-refractivity contribution is 7.80. The Hall–Kier alpha value is -0.170. The van der Waals surface area contributed by atoms with Crippen LogP contribution in [0.15, 0.2) is 0 Å². The standard InChI is InChI=1S/C15H33NO4S/c1-4-5-6-7-8-9-10-11-12-15(13-14-16(2)3)20-21(17,18)19/h15H,4-14H2,1-3H3,(H,17,18,19). The number of hydrogen-bond donors (Lipinski definition) is 1. The summed E-state index contributed by atoms with van der Waals surface area (Å²) in [5, 5.41) is 0. The van der Waals surface area contributed by atoms with Crippen molar-refractivity contribution in [1.29, 1.82) is 0 Å². The monoisotopic (exact) mass is 323 g/mol. The first-order chi connectivity index (χ1) is 9.85. The van der Waals surface area contributed by atoms with Crippen LogP contribution >= 0.6 is 0 Å². The van der Waals surface area contributed by atoms with Gasteiger partial charge in [0.05, 0.1) is 26.7 Å². The molecule has 0 amide bonds. The molecule has 1 N–H and O–H groups in total. The number of quaternary nitrogens is 1. The van der Waals surface area contributed by atoms with Crippen molar-refractivity contribution >= 4 is 10.4 Å². The molecule has 1 unspecified atom stereocenters. The van der Waals surface area contributed by atoms with Gasteiger partial charge in [-0.25, -0.2) is 8.42 Å². The number of hydrogen-bond acceptors (Lipinski definition) is 4. The molecule has 5 nitrogen and oxygen atoms in total. The molecule has 0 aromatic carbocycles. The van der Waals surface area contributed by atoms with Gasteiger partial charge >= 0.3 is 0 Å². The average Bonchev–Trinajstić information content (AvgIpc) is 2.37. The molecule has 0 spiro atoms. The Morgan fingerprint density at radius 3 is 1.95 bits per heavy atom. The largest absolute Gasteiger partial charge is 0.726 e. The Morgan fingerprint density at radius 1 is 0.952 bits per heavy atom. The summed E-state index contributed by atoms with van der Waals surface area (Å²) in [4.78, 5) is 1.22. The van der Waals surface area contributed by atoms with Gasteiger partial charge in [0.15, 0.2) is 0 Å². The lowest BCUT2D eigenvalue weighted by atomic mass is 10.0. The average molecular weight is 323 g/mol. The lowest BCUT2D eigenvalue weighted by Gasteiger charge is -2.20. The first-order valence-corrected chi connectivity index (χ1v) is 9.61. The second-order valence-electron chi connectivity index (χ2n) is 6.14. The van der Waals surface area contributed by atoms with Gasteiger partial charge in [0, 0.05) is 6.42 Å². The van der Waals surface area contributed by atoms with Gasteiger partial charge in [0.1, 0.15) is 0 Å². The molecule has 128 valence electrons. The van der Waals surface area contributed by atoms with Gasteiger partial charge in [-0.05, 0) is 6.42 Å². The number of unbranched alkanes of at least 4 members (excludes halogenated alkanes) is 7. The van der Waals surface area contributed by atoms with E-state index in [9.17, 15) is 13.0 Å². The third-order valence-corrected chi connectivity index (χ3v) is 4.11. The van der Waals surface area contributed by atoms with E-state index in [2.05, 4.69) is 11.1 Å². The van der Waals surface area contributed by atoms with Crippen molar-refractivity contribution in [2.45, 2.75) is 77.2 Å². The fraction of sp³-hybridized carbons (Fsp3) is 1.00. The van der Waals surface area contributed by atoms with Gasteiger partial charge in [-0.2, -0.15) is 0 Å². The molecule has 0 aliphatic heterocycles. The smallest absolute Gasteiger partial charge is 0.217 e. The van der Waals surface area contributed by atoms with E-state index in [1.165, 1.54) is 43.4 Å². The molecule has 0 saturated carbocycles. The maximum Gasteiger partial charge on any atom is 0.217 e.